The summed E-state index contributed by atoms with van der Waals surface area (Å²) in [7, 11) is 3.23. The highest BCUT2D eigenvalue weighted by Crippen LogP contribution is 2.25. The lowest BCUT2D eigenvalue weighted by Crippen LogP contribution is -2.38. The van der Waals surface area contributed by atoms with E-state index in [-0.39, 0.29) is 42.9 Å². The van der Waals surface area contributed by atoms with E-state index >= 15 is 0 Å². The molecule has 0 radical (unpaired) electrons. The Morgan fingerprint density at radius 1 is 1.31 bits per heavy atom. The SMILES string of the molecule is CC(=O)Nc1cccc(C(=O)N2CC(F)CC2Cn2cc(C(=O)N(C)C)nn2)c1. The molecule has 9 nitrogen and oxygen atoms in total. The summed E-state index contributed by atoms with van der Waals surface area (Å²) in [4.78, 5) is 39.0. The molecule has 29 heavy (non-hydrogen) atoms. The summed E-state index contributed by atoms with van der Waals surface area (Å²) in [5.74, 6) is -0.854. The van der Waals surface area contributed by atoms with E-state index in [0.29, 0.717) is 11.3 Å². The first kappa shape index (κ1) is 20.4. The molecule has 1 aromatic heterocycles. The molecule has 1 fully saturated rings. The lowest BCUT2D eigenvalue weighted by Gasteiger charge is -2.24. The van der Waals surface area contributed by atoms with Crippen molar-refractivity contribution in [2.45, 2.75) is 32.1 Å². The van der Waals surface area contributed by atoms with Gasteiger partial charge >= 0.3 is 0 Å². The summed E-state index contributed by atoms with van der Waals surface area (Å²) in [6, 6.07) is 6.10. The molecule has 0 saturated carbocycles. The van der Waals surface area contributed by atoms with Gasteiger partial charge in [0.25, 0.3) is 11.8 Å². The Morgan fingerprint density at radius 3 is 2.76 bits per heavy atom. The highest BCUT2D eigenvalue weighted by Gasteiger charge is 2.36. The van der Waals surface area contributed by atoms with E-state index in [2.05, 4.69) is 15.6 Å². The fraction of sp³-hybridized carbons (Fsp3) is 0.421. The zero-order valence-corrected chi connectivity index (χ0v) is 16.5. The minimum absolute atomic E-state index is 0.0218. The molecule has 2 heterocycles. The molecule has 3 amide bonds. The Labute approximate surface area is 167 Å². The van der Waals surface area contributed by atoms with Gasteiger partial charge < -0.3 is 15.1 Å². The standard InChI is InChI=1S/C19H23FN6O3/c1-12(27)21-15-6-4-5-13(7-15)18(28)26-9-14(20)8-16(26)10-25-11-17(22-23-25)19(29)24(2)3/h4-7,11,14,16H,8-10H2,1-3H3,(H,21,27). The van der Waals surface area contributed by atoms with Crippen molar-refractivity contribution >= 4 is 23.4 Å². The Hall–Kier alpha value is -3.30. The maximum Gasteiger partial charge on any atom is 0.275 e. The van der Waals surface area contributed by atoms with Crippen LogP contribution < -0.4 is 5.32 Å². The number of carbonyl (C=O) groups excluding carboxylic acids is 3. The van der Waals surface area contributed by atoms with Crippen LogP contribution in [0.2, 0.25) is 0 Å². The lowest BCUT2D eigenvalue weighted by atomic mass is 10.1. The van der Waals surface area contributed by atoms with Crippen LogP contribution in [0.15, 0.2) is 30.5 Å². The molecule has 154 valence electrons. The first-order valence-corrected chi connectivity index (χ1v) is 9.19. The number of carbonyl (C=O) groups is 3. The number of hydrogen-bond donors (Lipinski definition) is 1. The average Bonchev–Trinajstić information content (AvgIpc) is 3.27. The van der Waals surface area contributed by atoms with Crippen molar-refractivity contribution in [3.63, 3.8) is 0 Å². The van der Waals surface area contributed by atoms with Crippen molar-refractivity contribution < 1.29 is 18.8 Å². The minimum atomic E-state index is -1.14. The molecule has 10 heteroatoms. The summed E-state index contributed by atoms with van der Waals surface area (Å²) < 4.78 is 15.6. The van der Waals surface area contributed by atoms with Gasteiger partial charge in [-0.15, -0.1) is 5.10 Å². The summed E-state index contributed by atoms with van der Waals surface area (Å²) >= 11 is 0. The van der Waals surface area contributed by atoms with Gasteiger partial charge in [0.1, 0.15) is 6.17 Å². The van der Waals surface area contributed by atoms with Gasteiger partial charge in [0.2, 0.25) is 5.91 Å². The second-order valence-corrected chi connectivity index (χ2v) is 7.23. The number of hydrogen-bond acceptors (Lipinski definition) is 5. The highest BCUT2D eigenvalue weighted by atomic mass is 19.1. The summed E-state index contributed by atoms with van der Waals surface area (Å²) in [6.45, 7) is 1.59. The van der Waals surface area contributed by atoms with Crippen LogP contribution in [-0.2, 0) is 11.3 Å². The van der Waals surface area contributed by atoms with E-state index in [1.54, 1.807) is 38.4 Å². The van der Waals surface area contributed by atoms with E-state index < -0.39 is 12.2 Å². The molecule has 1 N–H and O–H groups in total. The fourth-order valence-electron chi connectivity index (χ4n) is 3.31. The Kier molecular flexibility index (Phi) is 5.90. The van der Waals surface area contributed by atoms with Crippen LogP contribution in [0.1, 0.15) is 34.2 Å². The second kappa shape index (κ2) is 8.38. The molecule has 1 aliphatic rings. The number of anilines is 1. The predicted molar refractivity (Wildman–Crippen MR) is 103 cm³/mol. The molecule has 1 aromatic carbocycles. The van der Waals surface area contributed by atoms with E-state index in [4.69, 9.17) is 0 Å². The number of alkyl halides is 1. The number of nitrogens with zero attached hydrogens (tertiary/aromatic N) is 5. The van der Waals surface area contributed by atoms with Gasteiger partial charge in [-0.2, -0.15) is 0 Å². The van der Waals surface area contributed by atoms with Crippen LogP contribution in [0.25, 0.3) is 0 Å². The van der Waals surface area contributed by atoms with E-state index in [0.717, 1.165) is 0 Å². The van der Waals surface area contributed by atoms with Gasteiger partial charge in [-0.3, -0.25) is 14.4 Å². The first-order chi connectivity index (χ1) is 13.7. The lowest BCUT2D eigenvalue weighted by molar-refractivity contribution is -0.114. The smallest absolute Gasteiger partial charge is 0.275 e. The molecule has 0 bridgehead atoms. The molecular weight excluding hydrogens is 379 g/mol. The Balaban J connectivity index is 1.76. The Bertz CT molecular complexity index is 928. The number of rotatable bonds is 5. The van der Waals surface area contributed by atoms with Crippen LogP contribution in [0, 0.1) is 0 Å². The number of halogens is 1. The maximum absolute atomic E-state index is 14.1. The van der Waals surface area contributed by atoms with Gasteiger partial charge in [-0.1, -0.05) is 11.3 Å². The van der Waals surface area contributed by atoms with Crippen molar-refractivity contribution in [2.75, 3.05) is 26.0 Å². The summed E-state index contributed by atoms with van der Waals surface area (Å²) in [5, 5.41) is 10.4. The third-order valence-corrected chi connectivity index (χ3v) is 4.62. The minimum Gasteiger partial charge on any atom is -0.343 e. The summed E-state index contributed by atoms with van der Waals surface area (Å²) in [6.07, 6.45) is 0.524. The van der Waals surface area contributed by atoms with Crippen LogP contribution in [-0.4, -0.2) is 75.4 Å². The van der Waals surface area contributed by atoms with Gasteiger partial charge in [-0.05, 0) is 18.2 Å². The Morgan fingerprint density at radius 2 is 2.07 bits per heavy atom. The molecule has 0 aliphatic carbocycles. The normalized spacial score (nSPS) is 18.6. The van der Waals surface area contributed by atoms with Crippen molar-refractivity contribution in [1.82, 2.24) is 24.8 Å². The van der Waals surface area contributed by atoms with E-state index in [1.165, 1.54) is 27.6 Å². The van der Waals surface area contributed by atoms with Crippen LogP contribution >= 0.6 is 0 Å². The van der Waals surface area contributed by atoms with Gasteiger partial charge in [0.05, 0.1) is 25.3 Å². The van der Waals surface area contributed by atoms with E-state index in [1.807, 2.05) is 0 Å². The molecule has 3 rings (SSSR count). The molecule has 1 aliphatic heterocycles. The molecule has 2 unspecified atom stereocenters. The molecular formula is C19H23FN6O3. The fourth-order valence-corrected chi connectivity index (χ4v) is 3.31. The van der Waals surface area contributed by atoms with Crippen molar-refractivity contribution in [3.8, 4) is 0 Å². The van der Waals surface area contributed by atoms with E-state index in [9.17, 15) is 18.8 Å². The number of aromatic nitrogens is 3. The van der Waals surface area contributed by atoms with Crippen molar-refractivity contribution in [2.24, 2.45) is 0 Å². The third-order valence-electron chi connectivity index (χ3n) is 4.62. The highest BCUT2D eigenvalue weighted by molar-refractivity contribution is 5.97. The quantitative estimate of drug-likeness (QED) is 0.810. The van der Waals surface area contributed by atoms with Crippen molar-refractivity contribution in [3.05, 3.63) is 41.7 Å². The van der Waals surface area contributed by atoms with Crippen molar-refractivity contribution in [1.29, 1.82) is 0 Å². The van der Waals surface area contributed by atoms with Gasteiger partial charge in [-0.25, -0.2) is 9.07 Å². The molecule has 0 spiro atoms. The third kappa shape index (κ3) is 4.76. The molecule has 1 saturated heterocycles. The maximum atomic E-state index is 14.1. The van der Waals surface area contributed by atoms with Gasteiger partial charge in [0.15, 0.2) is 5.69 Å². The topological polar surface area (TPSA) is 100 Å². The molecule has 2 atom stereocenters. The van der Waals surface area contributed by atoms with Crippen LogP contribution in [0.3, 0.4) is 0 Å². The number of benzene rings is 1. The summed E-state index contributed by atoms with van der Waals surface area (Å²) in [5.41, 5.74) is 1.04. The van der Waals surface area contributed by atoms with Gasteiger partial charge in [0, 0.05) is 38.7 Å². The van der Waals surface area contributed by atoms with Crippen LogP contribution in [0.4, 0.5) is 10.1 Å². The predicted octanol–water partition coefficient (Wildman–Crippen LogP) is 1.19. The van der Waals surface area contributed by atoms with Crippen LogP contribution in [0.5, 0.6) is 0 Å². The monoisotopic (exact) mass is 402 g/mol. The first-order valence-electron chi connectivity index (χ1n) is 9.19. The largest absolute Gasteiger partial charge is 0.343 e. The second-order valence-electron chi connectivity index (χ2n) is 7.23. The zero-order valence-electron chi connectivity index (χ0n) is 16.5. The number of amides is 3. The molecule has 2 aromatic rings. The number of nitrogens with one attached hydrogen (secondary N) is 1. The average molecular weight is 402 g/mol. The number of likely N-dealkylation sites (tertiary alicyclic amines) is 1. The zero-order chi connectivity index (χ0) is 21.1.